The lowest BCUT2D eigenvalue weighted by Gasteiger charge is -2.18. The third kappa shape index (κ3) is 2.61. The van der Waals surface area contributed by atoms with Crippen molar-refractivity contribution in [3.05, 3.63) is 23.8 Å². The predicted octanol–water partition coefficient (Wildman–Crippen LogP) is 2.91. The highest BCUT2D eigenvalue weighted by Crippen LogP contribution is 2.29. The summed E-state index contributed by atoms with van der Waals surface area (Å²) in [6.45, 7) is 1.02. The van der Waals surface area contributed by atoms with E-state index in [1.54, 1.807) is 6.07 Å². The third-order valence-electron chi connectivity index (χ3n) is 2.07. The SMILES string of the molecule is Br.Br.Oc1cccc2c1CCCN2. The minimum Gasteiger partial charge on any atom is -0.508 e. The van der Waals surface area contributed by atoms with E-state index in [2.05, 4.69) is 5.32 Å². The fourth-order valence-electron chi connectivity index (χ4n) is 1.49. The summed E-state index contributed by atoms with van der Waals surface area (Å²) in [5.74, 6) is 0.426. The van der Waals surface area contributed by atoms with Gasteiger partial charge in [-0.15, -0.1) is 34.0 Å². The third-order valence-corrected chi connectivity index (χ3v) is 2.07. The number of aromatic hydroxyl groups is 1. The monoisotopic (exact) mass is 309 g/mol. The van der Waals surface area contributed by atoms with E-state index in [9.17, 15) is 5.11 Å². The number of nitrogens with one attached hydrogen (secondary N) is 1. The summed E-state index contributed by atoms with van der Waals surface area (Å²) in [5, 5.41) is 12.7. The largest absolute Gasteiger partial charge is 0.508 e. The summed E-state index contributed by atoms with van der Waals surface area (Å²) in [6, 6.07) is 5.62. The van der Waals surface area contributed by atoms with Crippen molar-refractivity contribution in [2.45, 2.75) is 12.8 Å². The maximum absolute atomic E-state index is 9.42. The number of fused-ring (bicyclic) bond motifs is 1. The minimum atomic E-state index is 0. The van der Waals surface area contributed by atoms with Crippen molar-refractivity contribution in [2.75, 3.05) is 11.9 Å². The lowest BCUT2D eigenvalue weighted by molar-refractivity contribution is 0.466. The van der Waals surface area contributed by atoms with Crippen LogP contribution in [-0.2, 0) is 6.42 Å². The number of anilines is 1. The molecule has 0 aromatic heterocycles. The van der Waals surface area contributed by atoms with Crippen LogP contribution in [0, 0.1) is 0 Å². The molecule has 0 saturated carbocycles. The van der Waals surface area contributed by atoms with Crippen molar-refractivity contribution < 1.29 is 5.11 Å². The molecule has 1 heterocycles. The highest BCUT2D eigenvalue weighted by atomic mass is 79.9. The van der Waals surface area contributed by atoms with Gasteiger partial charge in [0.25, 0.3) is 0 Å². The van der Waals surface area contributed by atoms with Gasteiger partial charge >= 0.3 is 0 Å². The number of hydrogen-bond donors (Lipinski definition) is 2. The first-order chi connectivity index (χ1) is 5.38. The Bertz CT molecular complexity index is 278. The average Bonchev–Trinajstić information content (AvgIpc) is 2.06. The number of hydrogen-bond acceptors (Lipinski definition) is 2. The molecule has 0 bridgehead atoms. The highest BCUT2D eigenvalue weighted by molar-refractivity contribution is 8.93. The maximum atomic E-state index is 9.42. The number of phenolic OH excluding ortho intramolecular Hbond substituents is 1. The van der Waals surface area contributed by atoms with Crippen molar-refractivity contribution in [3.8, 4) is 5.75 Å². The second kappa shape index (κ2) is 5.50. The van der Waals surface area contributed by atoms with E-state index in [0.717, 1.165) is 30.6 Å². The lowest BCUT2D eigenvalue weighted by atomic mass is 10.0. The molecule has 1 aromatic carbocycles. The van der Waals surface area contributed by atoms with Gasteiger partial charge in [-0.2, -0.15) is 0 Å². The first kappa shape index (κ1) is 12.8. The predicted molar refractivity (Wildman–Crippen MR) is 65.6 cm³/mol. The summed E-state index contributed by atoms with van der Waals surface area (Å²) in [6.07, 6.45) is 2.11. The normalized spacial score (nSPS) is 12.9. The van der Waals surface area contributed by atoms with Crippen LogP contribution in [0.5, 0.6) is 5.75 Å². The maximum Gasteiger partial charge on any atom is 0.120 e. The Hall–Kier alpha value is -0.220. The van der Waals surface area contributed by atoms with Gasteiger partial charge in [-0.1, -0.05) is 6.07 Å². The van der Waals surface area contributed by atoms with Crippen LogP contribution >= 0.6 is 34.0 Å². The van der Waals surface area contributed by atoms with Gasteiger partial charge in [0.15, 0.2) is 0 Å². The van der Waals surface area contributed by atoms with Gasteiger partial charge in [0, 0.05) is 17.8 Å². The van der Waals surface area contributed by atoms with Gasteiger partial charge in [0.2, 0.25) is 0 Å². The van der Waals surface area contributed by atoms with Crippen LogP contribution in [0.15, 0.2) is 18.2 Å². The quantitative estimate of drug-likeness (QED) is 0.772. The molecular formula is C9H13Br2NO. The standard InChI is InChI=1S/C9H11NO.2BrH/c11-9-5-1-4-8-7(9)3-2-6-10-8;;/h1,4-5,10-11H,2-3,6H2;2*1H. The molecule has 0 amide bonds. The molecule has 13 heavy (non-hydrogen) atoms. The van der Waals surface area contributed by atoms with Crippen molar-refractivity contribution in [1.82, 2.24) is 0 Å². The number of phenols is 1. The zero-order valence-corrected chi connectivity index (χ0v) is 10.5. The number of halogens is 2. The van der Waals surface area contributed by atoms with Crippen LogP contribution in [-0.4, -0.2) is 11.7 Å². The smallest absolute Gasteiger partial charge is 0.120 e. The molecule has 0 radical (unpaired) electrons. The Morgan fingerprint density at radius 2 is 2.00 bits per heavy atom. The zero-order chi connectivity index (χ0) is 7.68. The van der Waals surface area contributed by atoms with Crippen LogP contribution in [0.4, 0.5) is 5.69 Å². The van der Waals surface area contributed by atoms with Crippen molar-refractivity contribution in [2.24, 2.45) is 0 Å². The molecule has 2 nitrogen and oxygen atoms in total. The lowest BCUT2D eigenvalue weighted by Crippen LogP contribution is -2.11. The summed E-state index contributed by atoms with van der Waals surface area (Å²) in [4.78, 5) is 0. The molecule has 1 aliphatic rings. The van der Waals surface area contributed by atoms with Gasteiger partial charge in [-0.3, -0.25) is 0 Å². The molecule has 0 saturated heterocycles. The van der Waals surface area contributed by atoms with Crippen LogP contribution < -0.4 is 5.32 Å². The Labute approximate surface area is 98.9 Å². The first-order valence-electron chi connectivity index (χ1n) is 3.92. The van der Waals surface area contributed by atoms with E-state index >= 15 is 0 Å². The van der Waals surface area contributed by atoms with Crippen LogP contribution in [0.3, 0.4) is 0 Å². The molecular weight excluding hydrogens is 298 g/mol. The van der Waals surface area contributed by atoms with Crippen LogP contribution in [0.2, 0.25) is 0 Å². The Kier molecular flexibility index (Phi) is 5.40. The molecule has 0 fully saturated rings. The van der Waals surface area contributed by atoms with Gasteiger partial charge in [0.1, 0.15) is 5.75 Å². The molecule has 2 N–H and O–H groups in total. The average molecular weight is 311 g/mol. The molecule has 0 aliphatic carbocycles. The molecule has 1 aliphatic heterocycles. The number of benzene rings is 1. The summed E-state index contributed by atoms with van der Waals surface area (Å²) in [5.41, 5.74) is 2.16. The second-order valence-corrected chi connectivity index (χ2v) is 2.83. The fourth-order valence-corrected chi connectivity index (χ4v) is 1.49. The van der Waals surface area contributed by atoms with E-state index in [1.807, 2.05) is 12.1 Å². The Morgan fingerprint density at radius 1 is 1.23 bits per heavy atom. The van der Waals surface area contributed by atoms with E-state index < -0.39 is 0 Å². The zero-order valence-electron chi connectivity index (χ0n) is 7.12. The topological polar surface area (TPSA) is 32.3 Å². The van der Waals surface area contributed by atoms with Gasteiger partial charge in [0.05, 0.1) is 0 Å². The molecule has 1 aromatic rings. The van der Waals surface area contributed by atoms with Crippen LogP contribution in [0.25, 0.3) is 0 Å². The second-order valence-electron chi connectivity index (χ2n) is 2.83. The van der Waals surface area contributed by atoms with Gasteiger partial charge in [-0.05, 0) is 25.0 Å². The van der Waals surface area contributed by atoms with E-state index in [1.165, 1.54) is 0 Å². The molecule has 4 heteroatoms. The molecule has 2 rings (SSSR count). The summed E-state index contributed by atoms with van der Waals surface area (Å²) >= 11 is 0. The molecule has 0 unspecified atom stereocenters. The molecule has 74 valence electrons. The van der Waals surface area contributed by atoms with Crippen LogP contribution in [0.1, 0.15) is 12.0 Å². The number of rotatable bonds is 0. The fraction of sp³-hybridized carbons (Fsp3) is 0.333. The van der Waals surface area contributed by atoms with Gasteiger partial charge < -0.3 is 10.4 Å². The van der Waals surface area contributed by atoms with Crippen molar-refractivity contribution >= 4 is 39.7 Å². The molecule has 0 spiro atoms. The summed E-state index contributed by atoms with van der Waals surface area (Å²) < 4.78 is 0. The van der Waals surface area contributed by atoms with E-state index in [4.69, 9.17) is 0 Å². The first-order valence-corrected chi connectivity index (χ1v) is 3.92. The van der Waals surface area contributed by atoms with E-state index in [0.29, 0.717) is 5.75 Å². The van der Waals surface area contributed by atoms with E-state index in [-0.39, 0.29) is 34.0 Å². The molecule has 0 atom stereocenters. The highest BCUT2D eigenvalue weighted by Gasteiger charge is 2.10. The van der Waals surface area contributed by atoms with Crippen molar-refractivity contribution in [1.29, 1.82) is 0 Å². The Balaban J connectivity index is 0.000000720. The minimum absolute atomic E-state index is 0. The van der Waals surface area contributed by atoms with Crippen molar-refractivity contribution in [3.63, 3.8) is 0 Å². The summed E-state index contributed by atoms with van der Waals surface area (Å²) in [7, 11) is 0. The Morgan fingerprint density at radius 3 is 2.69 bits per heavy atom. The van der Waals surface area contributed by atoms with Gasteiger partial charge in [-0.25, -0.2) is 0 Å².